The maximum absolute atomic E-state index is 12.3. The molecule has 7 nitrogen and oxygen atoms in total. The van der Waals surface area contributed by atoms with Crippen molar-refractivity contribution in [2.75, 3.05) is 45.3 Å². The van der Waals surface area contributed by atoms with Crippen molar-refractivity contribution in [1.82, 2.24) is 9.91 Å². The van der Waals surface area contributed by atoms with E-state index in [0.29, 0.717) is 60.2 Å². The number of likely N-dealkylation sites (tertiary alicyclic amines) is 1. The largest absolute Gasteiger partial charge is 0.485 e. The van der Waals surface area contributed by atoms with Crippen LogP contribution in [0.25, 0.3) is 0 Å². The molecule has 0 spiro atoms. The first kappa shape index (κ1) is 21.2. The van der Waals surface area contributed by atoms with Crippen molar-refractivity contribution in [3.05, 3.63) is 16.7 Å². The van der Waals surface area contributed by atoms with Gasteiger partial charge in [0, 0.05) is 19.5 Å². The summed E-state index contributed by atoms with van der Waals surface area (Å²) in [5.41, 5.74) is 6.91. The Balaban J connectivity index is 1.38. The van der Waals surface area contributed by atoms with Gasteiger partial charge in [0.05, 0.1) is 22.3 Å². The number of nitrogens with two attached hydrogens (primary N) is 1. The number of anilines is 1. The Hall–Kier alpha value is -2.07. The number of benzene rings is 1. The third-order valence-electron chi connectivity index (χ3n) is 5.50. The first-order valence-electron chi connectivity index (χ1n) is 9.97. The lowest BCUT2D eigenvalue weighted by Gasteiger charge is -2.34. The summed E-state index contributed by atoms with van der Waals surface area (Å²) in [5, 5.41) is 6.82. The van der Waals surface area contributed by atoms with Crippen molar-refractivity contribution in [2.45, 2.75) is 37.9 Å². The minimum absolute atomic E-state index is 0.133. The fraction of sp³-hybridized carbons (Fsp3) is 0.632. The number of fused-ring (bicyclic) bond motifs is 1. The van der Waals surface area contributed by atoms with Gasteiger partial charge in [-0.2, -0.15) is 13.2 Å². The van der Waals surface area contributed by atoms with Crippen LogP contribution < -0.4 is 15.2 Å². The zero-order valence-electron chi connectivity index (χ0n) is 16.4. The van der Waals surface area contributed by atoms with Crippen molar-refractivity contribution in [1.29, 1.82) is 0 Å². The second-order valence-corrected chi connectivity index (χ2v) is 7.99. The zero-order valence-corrected chi connectivity index (χ0v) is 17.1. The number of hydrogen-bond donors (Lipinski definition) is 1. The quantitative estimate of drug-likeness (QED) is 0.696. The Morgan fingerprint density at radius 1 is 1.13 bits per heavy atom. The predicted octanol–water partition coefficient (Wildman–Crippen LogP) is 3.45. The van der Waals surface area contributed by atoms with E-state index in [2.05, 4.69) is 10.0 Å². The summed E-state index contributed by atoms with van der Waals surface area (Å²) < 4.78 is 54.1. The molecular formula is C19H24ClF3N4O3. The van der Waals surface area contributed by atoms with Gasteiger partial charge in [0.15, 0.2) is 18.2 Å². The van der Waals surface area contributed by atoms with Crippen LogP contribution in [0.4, 0.5) is 18.9 Å². The van der Waals surface area contributed by atoms with Crippen LogP contribution in [0.15, 0.2) is 11.2 Å². The minimum atomic E-state index is -4.09. The molecule has 0 aromatic heterocycles. The smallest absolute Gasteiger partial charge is 0.389 e. The van der Waals surface area contributed by atoms with E-state index < -0.39 is 12.6 Å². The van der Waals surface area contributed by atoms with Gasteiger partial charge in [0.2, 0.25) is 5.90 Å². The molecule has 11 heteroatoms. The number of halogens is 4. The fourth-order valence-corrected chi connectivity index (χ4v) is 4.12. The molecule has 0 bridgehead atoms. The summed E-state index contributed by atoms with van der Waals surface area (Å²) in [5.74, 6) is 1.27. The Bertz CT molecular complexity index is 813. The maximum Gasteiger partial charge on any atom is 0.389 e. The number of nitrogen functional groups attached to an aromatic ring is 1. The molecule has 0 aliphatic carbocycles. The van der Waals surface area contributed by atoms with Gasteiger partial charge in [0.1, 0.15) is 13.2 Å². The van der Waals surface area contributed by atoms with Crippen LogP contribution in [0.1, 0.15) is 31.2 Å². The van der Waals surface area contributed by atoms with Gasteiger partial charge in [-0.3, -0.25) is 5.01 Å². The highest BCUT2D eigenvalue weighted by Gasteiger charge is 2.32. The molecule has 0 atom stereocenters. The molecule has 2 N–H and O–H groups in total. The second kappa shape index (κ2) is 8.58. The maximum atomic E-state index is 12.3. The van der Waals surface area contributed by atoms with E-state index in [4.69, 9.17) is 31.5 Å². The molecule has 166 valence electrons. The molecule has 1 aromatic rings. The molecule has 3 aliphatic heterocycles. The van der Waals surface area contributed by atoms with E-state index in [-0.39, 0.29) is 12.5 Å². The normalized spacial score (nSPS) is 20.3. The number of nitrogens with zero attached hydrogens (tertiary/aromatic N) is 3. The number of alkyl halides is 3. The summed E-state index contributed by atoms with van der Waals surface area (Å²) in [6.07, 6.45) is -3.07. The third-order valence-corrected chi connectivity index (χ3v) is 5.81. The van der Waals surface area contributed by atoms with Crippen molar-refractivity contribution in [3.8, 4) is 11.5 Å². The Morgan fingerprint density at radius 3 is 2.53 bits per heavy atom. The molecule has 4 rings (SSSR count). The number of rotatable bonds is 5. The van der Waals surface area contributed by atoms with E-state index in [0.717, 1.165) is 25.9 Å². The average molecular weight is 449 g/mol. The Morgan fingerprint density at radius 2 is 1.83 bits per heavy atom. The molecule has 1 fully saturated rings. The summed E-state index contributed by atoms with van der Waals surface area (Å²) in [6.45, 7) is 3.02. The first-order chi connectivity index (χ1) is 14.3. The standard InChI is InChI=1S/C19H24ClF3N4O3/c20-14-10-13(16-17(15(14)24)29-9-8-28-16)18-25-27(11-30-18)12-2-6-26(7-3-12)5-1-4-19(21,22)23/h10,12H,1-9,11,24H2. The summed E-state index contributed by atoms with van der Waals surface area (Å²) >= 11 is 6.24. The first-order valence-corrected chi connectivity index (χ1v) is 10.3. The van der Waals surface area contributed by atoms with Gasteiger partial charge >= 0.3 is 6.18 Å². The summed E-state index contributed by atoms with van der Waals surface area (Å²) in [6, 6.07) is 1.83. The lowest BCUT2D eigenvalue weighted by molar-refractivity contribution is -0.136. The van der Waals surface area contributed by atoms with Gasteiger partial charge < -0.3 is 24.8 Å². The highest BCUT2D eigenvalue weighted by molar-refractivity contribution is 6.34. The third kappa shape index (κ3) is 4.64. The number of hydrogen-bond acceptors (Lipinski definition) is 7. The Kier molecular flexibility index (Phi) is 6.06. The molecule has 30 heavy (non-hydrogen) atoms. The minimum Gasteiger partial charge on any atom is -0.485 e. The molecule has 1 aromatic carbocycles. The van der Waals surface area contributed by atoms with Gasteiger partial charge in [0.25, 0.3) is 0 Å². The number of piperidine rings is 1. The van der Waals surface area contributed by atoms with Gasteiger partial charge in [-0.1, -0.05) is 11.6 Å². The van der Waals surface area contributed by atoms with Crippen LogP contribution >= 0.6 is 11.6 Å². The number of hydrazone groups is 1. The topological polar surface area (TPSA) is 72.6 Å². The van der Waals surface area contributed by atoms with Crippen molar-refractivity contribution >= 4 is 23.2 Å². The van der Waals surface area contributed by atoms with E-state index in [1.165, 1.54) is 0 Å². The van der Waals surface area contributed by atoms with E-state index >= 15 is 0 Å². The monoisotopic (exact) mass is 448 g/mol. The van der Waals surface area contributed by atoms with E-state index in [1.807, 2.05) is 5.01 Å². The Labute approximate surface area is 177 Å². The second-order valence-electron chi connectivity index (χ2n) is 7.58. The highest BCUT2D eigenvalue weighted by atomic mass is 35.5. The molecule has 0 amide bonds. The van der Waals surface area contributed by atoms with Crippen molar-refractivity contribution in [3.63, 3.8) is 0 Å². The molecule has 1 saturated heterocycles. The van der Waals surface area contributed by atoms with Gasteiger partial charge in [-0.25, -0.2) is 0 Å². The lowest BCUT2D eigenvalue weighted by Crippen LogP contribution is -2.42. The molecule has 0 unspecified atom stereocenters. The van der Waals surface area contributed by atoms with Gasteiger partial charge in [-0.15, -0.1) is 5.10 Å². The molecule has 0 saturated carbocycles. The molecule has 3 aliphatic rings. The lowest BCUT2D eigenvalue weighted by atomic mass is 10.0. The van der Waals surface area contributed by atoms with Crippen LogP contribution in [0.5, 0.6) is 11.5 Å². The van der Waals surface area contributed by atoms with Crippen molar-refractivity contribution < 1.29 is 27.4 Å². The van der Waals surface area contributed by atoms with Crippen LogP contribution in [0.3, 0.4) is 0 Å². The van der Waals surface area contributed by atoms with E-state index in [9.17, 15) is 13.2 Å². The van der Waals surface area contributed by atoms with Crippen LogP contribution in [-0.2, 0) is 4.74 Å². The fourth-order valence-electron chi connectivity index (χ4n) is 3.92. The molecule has 0 radical (unpaired) electrons. The zero-order chi connectivity index (χ0) is 21.3. The predicted molar refractivity (Wildman–Crippen MR) is 106 cm³/mol. The SMILES string of the molecule is Nc1c(Cl)cc(C2=NN(C3CCN(CCCC(F)(F)F)CC3)CO2)c2c1OCCO2. The average Bonchev–Trinajstić information content (AvgIpc) is 3.20. The summed E-state index contributed by atoms with van der Waals surface area (Å²) in [4.78, 5) is 2.07. The van der Waals surface area contributed by atoms with Crippen LogP contribution in [0, 0.1) is 0 Å². The van der Waals surface area contributed by atoms with Crippen LogP contribution in [-0.4, -0.2) is 67.6 Å². The van der Waals surface area contributed by atoms with Crippen LogP contribution in [0.2, 0.25) is 5.02 Å². The van der Waals surface area contributed by atoms with Crippen molar-refractivity contribution in [2.24, 2.45) is 5.10 Å². The molecule has 3 heterocycles. The molecular weight excluding hydrogens is 425 g/mol. The summed E-state index contributed by atoms with van der Waals surface area (Å²) in [7, 11) is 0. The number of ether oxygens (including phenoxy) is 3. The highest BCUT2D eigenvalue weighted by Crippen LogP contribution is 2.44. The van der Waals surface area contributed by atoms with Gasteiger partial charge in [-0.05, 0) is 31.9 Å². The van der Waals surface area contributed by atoms with E-state index in [1.54, 1.807) is 6.07 Å².